The molecule has 0 bridgehead atoms. The van der Waals surface area contributed by atoms with Crippen LogP contribution in [0.3, 0.4) is 0 Å². The van der Waals surface area contributed by atoms with Crippen molar-refractivity contribution in [3.63, 3.8) is 0 Å². The van der Waals surface area contributed by atoms with Gasteiger partial charge in [0.1, 0.15) is 11.3 Å². The quantitative estimate of drug-likeness (QED) is 0.790. The number of carbonyl (C=O) groups excluding carboxylic acids is 1. The highest BCUT2D eigenvalue weighted by Crippen LogP contribution is 2.29. The fourth-order valence-electron chi connectivity index (χ4n) is 3.75. The van der Waals surface area contributed by atoms with Gasteiger partial charge in [0.25, 0.3) is 5.91 Å². The molecule has 2 aromatic rings. The molecule has 1 fully saturated rings. The minimum Gasteiger partial charge on any atom is -0.483 e. The van der Waals surface area contributed by atoms with Crippen LogP contribution in [0.15, 0.2) is 21.3 Å². The second kappa shape index (κ2) is 8.13. The third-order valence-corrected chi connectivity index (χ3v) is 5.62. The molecule has 0 radical (unpaired) electrons. The van der Waals surface area contributed by atoms with Crippen molar-refractivity contribution in [2.24, 2.45) is 0 Å². The summed E-state index contributed by atoms with van der Waals surface area (Å²) >= 11 is 0. The molecule has 6 nitrogen and oxygen atoms in total. The fourth-order valence-corrected chi connectivity index (χ4v) is 3.75. The van der Waals surface area contributed by atoms with Gasteiger partial charge in [-0.2, -0.15) is 0 Å². The number of ether oxygens (including phenoxy) is 1. The van der Waals surface area contributed by atoms with Crippen LogP contribution >= 0.6 is 0 Å². The predicted octanol–water partition coefficient (Wildman–Crippen LogP) is 2.70. The fraction of sp³-hybridized carbons (Fsp3) is 0.524. The Morgan fingerprint density at radius 1 is 1.26 bits per heavy atom. The van der Waals surface area contributed by atoms with Gasteiger partial charge in [0.05, 0.1) is 0 Å². The molecule has 1 atom stereocenters. The van der Waals surface area contributed by atoms with E-state index in [1.807, 2.05) is 26.0 Å². The number of nitrogens with zero attached hydrogens (tertiary/aromatic N) is 1. The number of likely N-dealkylation sites (tertiary alicyclic amines) is 1. The van der Waals surface area contributed by atoms with Gasteiger partial charge in [-0.1, -0.05) is 6.92 Å². The van der Waals surface area contributed by atoms with Crippen LogP contribution < -0.4 is 15.7 Å². The summed E-state index contributed by atoms with van der Waals surface area (Å²) in [6, 6.07) is 4.12. The summed E-state index contributed by atoms with van der Waals surface area (Å²) in [7, 11) is 0. The Morgan fingerprint density at radius 3 is 2.78 bits per heavy atom. The van der Waals surface area contributed by atoms with Gasteiger partial charge >= 0.3 is 5.63 Å². The van der Waals surface area contributed by atoms with Crippen molar-refractivity contribution in [1.29, 1.82) is 0 Å². The van der Waals surface area contributed by atoms with E-state index >= 15 is 0 Å². The van der Waals surface area contributed by atoms with E-state index in [-0.39, 0.29) is 18.1 Å². The van der Waals surface area contributed by atoms with Crippen molar-refractivity contribution in [3.05, 3.63) is 39.2 Å². The molecular weight excluding hydrogens is 344 g/mol. The number of benzene rings is 1. The zero-order valence-corrected chi connectivity index (χ0v) is 16.6. The second-order valence-electron chi connectivity index (χ2n) is 7.22. The van der Waals surface area contributed by atoms with Crippen molar-refractivity contribution in [2.75, 3.05) is 26.2 Å². The average molecular weight is 372 g/mol. The van der Waals surface area contributed by atoms with E-state index in [0.717, 1.165) is 36.0 Å². The zero-order valence-electron chi connectivity index (χ0n) is 16.6. The van der Waals surface area contributed by atoms with E-state index in [1.165, 1.54) is 6.42 Å². The Balaban J connectivity index is 1.65. The molecule has 1 aliphatic heterocycles. The summed E-state index contributed by atoms with van der Waals surface area (Å²) < 4.78 is 11.1. The van der Waals surface area contributed by atoms with Crippen LogP contribution in [0.2, 0.25) is 0 Å². The van der Waals surface area contributed by atoms with Crippen LogP contribution in [-0.2, 0) is 4.79 Å². The average Bonchev–Trinajstić information content (AvgIpc) is 3.12. The largest absolute Gasteiger partial charge is 0.483 e. The van der Waals surface area contributed by atoms with Crippen molar-refractivity contribution in [3.8, 4) is 5.75 Å². The minimum absolute atomic E-state index is 0.0553. The van der Waals surface area contributed by atoms with Crippen molar-refractivity contribution >= 4 is 16.9 Å². The lowest BCUT2D eigenvalue weighted by atomic mass is 10.0. The van der Waals surface area contributed by atoms with Crippen LogP contribution in [0, 0.1) is 20.8 Å². The number of carbonyl (C=O) groups is 1. The zero-order chi connectivity index (χ0) is 19.6. The molecule has 1 saturated heterocycles. The SMILES string of the molecule is CCN1CCC[C@@H]1CNC(=O)COc1ccc2c(C)c(C)c(=O)oc2c1C. The standard InChI is InChI=1S/C21H28N2O4/c1-5-23-10-6-7-16(23)11-22-19(24)12-26-18-9-8-17-13(2)14(3)21(25)27-20(17)15(18)4/h8-9,16H,5-7,10-12H2,1-4H3,(H,22,24)/t16-/m1/s1. The normalized spacial score (nSPS) is 17.4. The van der Waals surface area contributed by atoms with Gasteiger partial charge in [0, 0.05) is 29.1 Å². The molecule has 27 heavy (non-hydrogen) atoms. The third-order valence-electron chi connectivity index (χ3n) is 5.62. The van der Waals surface area contributed by atoms with Crippen LogP contribution in [-0.4, -0.2) is 43.1 Å². The van der Waals surface area contributed by atoms with Crippen molar-refractivity contribution in [1.82, 2.24) is 10.2 Å². The highest BCUT2D eigenvalue weighted by Gasteiger charge is 2.23. The monoisotopic (exact) mass is 372 g/mol. The molecule has 0 unspecified atom stereocenters. The van der Waals surface area contributed by atoms with Gasteiger partial charge < -0.3 is 14.5 Å². The molecule has 2 heterocycles. The number of hydrogen-bond donors (Lipinski definition) is 1. The maximum Gasteiger partial charge on any atom is 0.339 e. The Labute approximate surface area is 159 Å². The lowest BCUT2D eigenvalue weighted by Crippen LogP contribution is -2.41. The Kier molecular flexibility index (Phi) is 5.85. The number of amides is 1. The summed E-state index contributed by atoms with van der Waals surface area (Å²) in [5.41, 5.74) is 2.43. The molecule has 1 N–H and O–H groups in total. The first kappa shape index (κ1) is 19.4. The Morgan fingerprint density at radius 2 is 2.04 bits per heavy atom. The summed E-state index contributed by atoms with van der Waals surface area (Å²) in [6.45, 7) is 10.4. The summed E-state index contributed by atoms with van der Waals surface area (Å²) in [5.74, 6) is 0.416. The first-order valence-corrected chi connectivity index (χ1v) is 9.59. The molecule has 1 aromatic carbocycles. The number of rotatable bonds is 6. The molecule has 146 valence electrons. The van der Waals surface area contributed by atoms with Crippen LogP contribution in [0.4, 0.5) is 0 Å². The third kappa shape index (κ3) is 4.00. The Bertz CT molecular complexity index is 903. The maximum atomic E-state index is 12.2. The topological polar surface area (TPSA) is 71.8 Å². The van der Waals surface area contributed by atoms with E-state index < -0.39 is 0 Å². The van der Waals surface area contributed by atoms with Gasteiger partial charge in [-0.25, -0.2) is 4.79 Å². The molecule has 1 aromatic heterocycles. The number of hydrogen-bond acceptors (Lipinski definition) is 5. The van der Waals surface area contributed by atoms with E-state index in [1.54, 1.807) is 6.92 Å². The summed E-state index contributed by atoms with van der Waals surface area (Å²) in [6.07, 6.45) is 2.31. The van der Waals surface area contributed by atoms with Gasteiger partial charge in [0.2, 0.25) is 0 Å². The highest BCUT2D eigenvalue weighted by molar-refractivity contribution is 5.85. The van der Waals surface area contributed by atoms with Crippen LogP contribution in [0.5, 0.6) is 5.75 Å². The van der Waals surface area contributed by atoms with E-state index in [4.69, 9.17) is 9.15 Å². The molecule has 3 rings (SSSR count). The van der Waals surface area contributed by atoms with E-state index in [9.17, 15) is 9.59 Å². The molecule has 6 heteroatoms. The van der Waals surface area contributed by atoms with Crippen molar-refractivity contribution < 1.29 is 13.9 Å². The number of likely N-dealkylation sites (N-methyl/N-ethyl adjacent to an activating group) is 1. The highest BCUT2D eigenvalue weighted by atomic mass is 16.5. The number of nitrogens with one attached hydrogen (secondary N) is 1. The van der Waals surface area contributed by atoms with E-state index in [0.29, 0.717) is 29.5 Å². The lowest BCUT2D eigenvalue weighted by molar-refractivity contribution is -0.123. The maximum absolute atomic E-state index is 12.2. The summed E-state index contributed by atoms with van der Waals surface area (Å²) in [5, 5.41) is 3.85. The van der Waals surface area contributed by atoms with Crippen LogP contribution in [0.25, 0.3) is 11.0 Å². The first-order valence-electron chi connectivity index (χ1n) is 9.59. The van der Waals surface area contributed by atoms with Gasteiger partial charge in [-0.3, -0.25) is 9.69 Å². The second-order valence-corrected chi connectivity index (χ2v) is 7.22. The lowest BCUT2D eigenvalue weighted by Gasteiger charge is -2.22. The molecular formula is C21H28N2O4. The molecule has 0 spiro atoms. The molecule has 1 amide bonds. The van der Waals surface area contributed by atoms with Gasteiger partial charge in [-0.15, -0.1) is 0 Å². The smallest absolute Gasteiger partial charge is 0.339 e. The Hall–Kier alpha value is -2.34. The molecule has 0 aliphatic carbocycles. The summed E-state index contributed by atoms with van der Waals surface area (Å²) in [4.78, 5) is 26.5. The molecule has 0 saturated carbocycles. The number of aryl methyl sites for hydroxylation is 2. The van der Waals surface area contributed by atoms with Gasteiger partial charge in [0.15, 0.2) is 6.61 Å². The predicted molar refractivity (Wildman–Crippen MR) is 105 cm³/mol. The van der Waals surface area contributed by atoms with Crippen molar-refractivity contribution in [2.45, 2.75) is 46.6 Å². The first-order chi connectivity index (χ1) is 12.9. The van der Waals surface area contributed by atoms with E-state index in [2.05, 4.69) is 17.1 Å². The number of fused-ring (bicyclic) bond motifs is 1. The molecule has 1 aliphatic rings. The minimum atomic E-state index is -0.338. The van der Waals surface area contributed by atoms with Crippen LogP contribution in [0.1, 0.15) is 36.5 Å². The van der Waals surface area contributed by atoms with Gasteiger partial charge in [-0.05, 0) is 64.4 Å².